The Morgan fingerprint density at radius 1 is 1.40 bits per heavy atom. The summed E-state index contributed by atoms with van der Waals surface area (Å²) < 4.78 is 4.31. The zero-order chi connectivity index (χ0) is 14.4. The van der Waals surface area contributed by atoms with Crippen LogP contribution in [0.2, 0.25) is 0 Å². The van der Waals surface area contributed by atoms with E-state index >= 15 is 0 Å². The maximum absolute atomic E-state index is 9.31. The Kier molecular flexibility index (Phi) is 2.76. The van der Waals surface area contributed by atoms with Gasteiger partial charge in [-0.2, -0.15) is 10.4 Å². The number of rotatable bonds is 1. The quantitative estimate of drug-likeness (QED) is 0.741. The minimum absolute atomic E-state index is 0.343. The molecule has 0 bridgehead atoms. The predicted molar refractivity (Wildman–Crippen MR) is 79.4 cm³/mol. The predicted octanol–water partition coefficient (Wildman–Crippen LogP) is 2.28. The van der Waals surface area contributed by atoms with E-state index in [9.17, 15) is 5.26 Å². The molecule has 0 aliphatic heterocycles. The lowest BCUT2D eigenvalue weighted by molar-refractivity contribution is 0.762. The van der Waals surface area contributed by atoms with E-state index in [1.54, 1.807) is 15.3 Å². The number of fused-ring (bicyclic) bond motifs is 1. The summed E-state index contributed by atoms with van der Waals surface area (Å²) in [5.41, 5.74) is 9.56. The van der Waals surface area contributed by atoms with Crippen molar-refractivity contribution in [1.82, 2.24) is 19.3 Å². The average Bonchev–Trinajstić information content (AvgIpc) is 2.88. The second-order valence-corrected chi connectivity index (χ2v) is 5.38. The van der Waals surface area contributed by atoms with E-state index in [-0.39, 0.29) is 0 Å². The molecule has 2 N–H and O–H groups in total. The molecule has 0 saturated carbocycles. The Morgan fingerprint density at radius 3 is 2.85 bits per heavy atom. The van der Waals surface area contributed by atoms with Gasteiger partial charge in [0.15, 0.2) is 5.65 Å². The Balaban J connectivity index is 2.41. The van der Waals surface area contributed by atoms with Gasteiger partial charge in [-0.1, -0.05) is 15.9 Å². The summed E-state index contributed by atoms with van der Waals surface area (Å²) >= 11 is 3.36. The lowest BCUT2D eigenvalue weighted by Crippen LogP contribution is -2.06. The van der Waals surface area contributed by atoms with Crippen molar-refractivity contribution in [2.24, 2.45) is 7.05 Å². The van der Waals surface area contributed by atoms with Gasteiger partial charge in [0.25, 0.3) is 0 Å². The molecule has 100 valence electrons. The topological polar surface area (TPSA) is 85.5 Å². The lowest BCUT2D eigenvalue weighted by Gasteiger charge is -2.09. The summed E-state index contributed by atoms with van der Waals surface area (Å²) in [6, 6.07) is 7.63. The normalized spacial score (nSPS) is 10.9. The van der Waals surface area contributed by atoms with Gasteiger partial charge in [0.2, 0.25) is 5.95 Å². The molecule has 3 rings (SSSR count). The molecule has 20 heavy (non-hydrogen) atoms. The molecule has 0 saturated heterocycles. The SMILES string of the molecule is Cc1nn(C)c2c1nc(N)n2-c1ccc(Br)cc1C#N. The van der Waals surface area contributed by atoms with E-state index in [2.05, 4.69) is 32.1 Å². The molecule has 0 amide bonds. The Labute approximate surface area is 123 Å². The van der Waals surface area contributed by atoms with Gasteiger partial charge in [0.1, 0.15) is 11.6 Å². The van der Waals surface area contributed by atoms with Gasteiger partial charge >= 0.3 is 0 Å². The number of nitrogens with zero attached hydrogens (tertiary/aromatic N) is 5. The lowest BCUT2D eigenvalue weighted by atomic mass is 10.2. The number of nitriles is 1. The molecule has 3 aromatic rings. The minimum Gasteiger partial charge on any atom is -0.369 e. The molecule has 0 radical (unpaired) electrons. The van der Waals surface area contributed by atoms with Crippen LogP contribution >= 0.6 is 15.9 Å². The van der Waals surface area contributed by atoms with Crippen LogP contribution in [0.15, 0.2) is 22.7 Å². The first-order chi connectivity index (χ1) is 9.52. The number of benzene rings is 1. The van der Waals surface area contributed by atoms with Gasteiger partial charge in [-0.05, 0) is 25.1 Å². The third-order valence-corrected chi connectivity index (χ3v) is 3.64. The van der Waals surface area contributed by atoms with Crippen LogP contribution in [0.5, 0.6) is 0 Å². The molecular weight excluding hydrogens is 320 g/mol. The number of aromatic nitrogens is 4. The highest BCUT2D eigenvalue weighted by Gasteiger charge is 2.18. The van der Waals surface area contributed by atoms with E-state index in [1.807, 2.05) is 26.1 Å². The van der Waals surface area contributed by atoms with Crippen molar-refractivity contribution in [3.63, 3.8) is 0 Å². The molecule has 0 aliphatic carbocycles. The number of hydrogen-bond donors (Lipinski definition) is 1. The first-order valence-corrected chi connectivity index (χ1v) is 6.69. The molecule has 2 aromatic heterocycles. The van der Waals surface area contributed by atoms with Crippen LogP contribution in [0.25, 0.3) is 16.9 Å². The van der Waals surface area contributed by atoms with Crippen molar-refractivity contribution in [2.75, 3.05) is 5.73 Å². The van der Waals surface area contributed by atoms with E-state index in [4.69, 9.17) is 5.73 Å². The zero-order valence-corrected chi connectivity index (χ0v) is 12.5. The largest absolute Gasteiger partial charge is 0.369 e. The van der Waals surface area contributed by atoms with Gasteiger partial charge in [0, 0.05) is 11.5 Å². The van der Waals surface area contributed by atoms with Gasteiger partial charge in [-0.3, -0.25) is 4.57 Å². The van der Waals surface area contributed by atoms with Crippen molar-refractivity contribution in [3.05, 3.63) is 33.9 Å². The van der Waals surface area contributed by atoms with Crippen LogP contribution in [-0.4, -0.2) is 19.3 Å². The second kappa shape index (κ2) is 4.35. The van der Waals surface area contributed by atoms with Crippen LogP contribution in [0, 0.1) is 18.3 Å². The molecular formula is C13H11BrN6. The average molecular weight is 331 g/mol. The first-order valence-electron chi connectivity index (χ1n) is 5.90. The number of aryl methyl sites for hydroxylation is 2. The summed E-state index contributed by atoms with van der Waals surface area (Å²) in [5.74, 6) is 0.343. The molecule has 0 fully saturated rings. The maximum Gasteiger partial charge on any atom is 0.207 e. The molecule has 1 aromatic carbocycles. The second-order valence-electron chi connectivity index (χ2n) is 4.46. The standard InChI is InChI=1S/C13H11BrN6/c1-7-11-12(19(2)18-7)20(13(16)17-11)10-4-3-9(14)5-8(10)6-15/h3-5H,1-2H3,(H2,16,17). The third-order valence-electron chi connectivity index (χ3n) is 3.15. The van der Waals surface area contributed by atoms with Crippen molar-refractivity contribution >= 4 is 33.0 Å². The van der Waals surface area contributed by atoms with Crippen LogP contribution in [0.3, 0.4) is 0 Å². The van der Waals surface area contributed by atoms with E-state index in [1.165, 1.54) is 0 Å². The number of nitrogens with two attached hydrogens (primary N) is 1. The fourth-order valence-corrected chi connectivity index (χ4v) is 2.68. The molecule has 0 spiro atoms. The fourth-order valence-electron chi connectivity index (χ4n) is 2.32. The third kappa shape index (κ3) is 1.69. The highest BCUT2D eigenvalue weighted by atomic mass is 79.9. The number of nitrogen functional groups attached to an aromatic ring is 1. The monoisotopic (exact) mass is 330 g/mol. The molecule has 0 atom stereocenters. The van der Waals surface area contributed by atoms with Crippen molar-refractivity contribution in [3.8, 4) is 11.8 Å². The highest BCUT2D eigenvalue weighted by molar-refractivity contribution is 9.10. The fraction of sp³-hybridized carbons (Fsp3) is 0.154. The highest BCUT2D eigenvalue weighted by Crippen LogP contribution is 2.28. The number of halogens is 1. The molecule has 2 heterocycles. The summed E-state index contributed by atoms with van der Waals surface area (Å²) in [6.45, 7) is 1.88. The summed E-state index contributed by atoms with van der Waals surface area (Å²) in [5, 5.41) is 13.6. The molecule has 0 unspecified atom stereocenters. The molecule has 6 nitrogen and oxygen atoms in total. The maximum atomic E-state index is 9.31. The van der Waals surface area contributed by atoms with E-state index < -0.39 is 0 Å². The Hall–Kier alpha value is -2.33. The van der Waals surface area contributed by atoms with Gasteiger partial charge in [0.05, 0.1) is 16.9 Å². The summed E-state index contributed by atoms with van der Waals surface area (Å²) in [6.07, 6.45) is 0. The smallest absolute Gasteiger partial charge is 0.207 e. The van der Waals surface area contributed by atoms with Crippen LogP contribution in [0.4, 0.5) is 5.95 Å². The zero-order valence-electron chi connectivity index (χ0n) is 10.9. The van der Waals surface area contributed by atoms with Crippen molar-refractivity contribution in [2.45, 2.75) is 6.92 Å². The summed E-state index contributed by atoms with van der Waals surface area (Å²) in [7, 11) is 1.83. The Morgan fingerprint density at radius 2 is 2.15 bits per heavy atom. The number of imidazole rings is 1. The van der Waals surface area contributed by atoms with E-state index in [0.29, 0.717) is 17.2 Å². The van der Waals surface area contributed by atoms with E-state index in [0.717, 1.165) is 21.3 Å². The van der Waals surface area contributed by atoms with Crippen LogP contribution in [-0.2, 0) is 7.05 Å². The van der Waals surface area contributed by atoms with Crippen LogP contribution in [0.1, 0.15) is 11.3 Å². The van der Waals surface area contributed by atoms with Gasteiger partial charge < -0.3 is 5.73 Å². The van der Waals surface area contributed by atoms with Crippen molar-refractivity contribution < 1.29 is 0 Å². The number of anilines is 1. The van der Waals surface area contributed by atoms with Gasteiger partial charge in [-0.15, -0.1) is 0 Å². The summed E-state index contributed by atoms with van der Waals surface area (Å²) in [4.78, 5) is 4.34. The molecule has 0 aliphatic rings. The van der Waals surface area contributed by atoms with Crippen LogP contribution < -0.4 is 5.73 Å². The van der Waals surface area contributed by atoms with Crippen molar-refractivity contribution in [1.29, 1.82) is 5.26 Å². The number of hydrogen-bond acceptors (Lipinski definition) is 4. The minimum atomic E-state index is 0.343. The molecule has 7 heteroatoms. The Bertz CT molecular complexity index is 867. The van der Waals surface area contributed by atoms with Gasteiger partial charge in [-0.25, -0.2) is 9.67 Å². The first kappa shape index (κ1) is 12.7.